The number of hydrogen-bond acceptors (Lipinski definition) is 6. The Hall–Kier alpha value is -2.78. The van der Waals surface area contributed by atoms with Crippen molar-refractivity contribution in [2.24, 2.45) is 0 Å². The van der Waals surface area contributed by atoms with Gasteiger partial charge in [0, 0.05) is 44.6 Å². The minimum absolute atomic E-state index is 0.0646. The fraction of sp³-hybridized carbons (Fsp3) is 0.429. The van der Waals surface area contributed by atoms with Crippen molar-refractivity contribution in [3.63, 3.8) is 0 Å². The van der Waals surface area contributed by atoms with Gasteiger partial charge in [-0.15, -0.1) is 11.3 Å². The van der Waals surface area contributed by atoms with Gasteiger partial charge in [0.05, 0.1) is 21.6 Å². The molecule has 2 aromatic heterocycles. The predicted molar refractivity (Wildman–Crippen MR) is 117 cm³/mol. The van der Waals surface area contributed by atoms with Crippen molar-refractivity contribution in [2.75, 3.05) is 26.2 Å². The lowest BCUT2D eigenvalue weighted by Crippen LogP contribution is -2.50. The summed E-state index contributed by atoms with van der Waals surface area (Å²) in [7, 11) is 0. The van der Waals surface area contributed by atoms with Gasteiger partial charge in [0.25, 0.3) is 5.56 Å². The molecule has 8 nitrogen and oxygen atoms in total. The molecule has 158 valence electrons. The Balaban J connectivity index is 1.49. The molecule has 4 rings (SSSR count). The van der Waals surface area contributed by atoms with Gasteiger partial charge in [0.1, 0.15) is 6.54 Å². The van der Waals surface area contributed by atoms with Gasteiger partial charge in [0.15, 0.2) is 0 Å². The summed E-state index contributed by atoms with van der Waals surface area (Å²) in [6.07, 6.45) is 0. The maximum absolute atomic E-state index is 13.0. The number of nitrogens with zero attached hydrogens (tertiary/aromatic N) is 5. The highest BCUT2D eigenvalue weighted by Crippen LogP contribution is 2.13. The summed E-state index contributed by atoms with van der Waals surface area (Å²) >= 11 is 1.65. The van der Waals surface area contributed by atoms with Crippen LogP contribution in [0.15, 0.2) is 39.2 Å². The van der Waals surface area contributed by atoms with E-state index >= 15 is 0 Å². The van der Waals surface area contributed by atoms with Crippen molar-refractivity contribution < 1.29 is 4.79 Å². The van der Waals surface area contributed by atoms with Crippen LogP contribution < -0.4 is 11.2 Å². The van der Waals surface area contributed by atoms with Crippen LogP contribution in [0.5, 0.6) is 0 Å². The minimum atomic E-state index is -0.438. The third-order valence-corrected chi connectivity index (χ3v) is 6.34. The number of para-hydroxylation sites is 1. The quantitative estimate of drug-likeness (QED) is 0.613. The summed E-state index contributed by atoms with van der Waals surface area (Å²) in [4.78, 5) is 47.0. The van der Waals surface area contributed by atoms with E-state index in [-0.39, 0.29) is 24.6 Å². The molecule has 1 fully saturated rings. The van der Waals surface area contributed by atoms with Crippen molar-refractivity contribution in [1.29, 1.82) is 0 Å². The van der Waals surface area contributed by atoms with Crippen molar-refractivity contribution in [2.45, 2.75) is 33.5 Å². The lowest BCUT2D eigenvalue weighted by molar-refractivity contribution is -0.133. The first-order chi connectivity index (χ1) is 14.5. The van der Waals surface area contributed by atoms with Crippen LogP contribution in [0.4, 0.5) is 0 Å². The van der Waals surface area contributed by atoms with Crippen LogP contribution in [0.2, 0.25) is 0 Å². The molecule has 1 aliphatic rings. The second-order valence-electron chi connectivity index (χ2n) is 7.45. The fourth-order valence-corrected chi connectivity index (χ4v) is 4.51. The molecule has 1 amide bonds. The zero-order valence-electron chi connectivity index (χ0n) is 17.2. The zero-order valence-corrected chi connectivity index (χ0v) is 18.0. The van der Waals surface area contributed by atoms with Gasteiger partial charge in [-0.25, -0.2) is 9.78 Å². The number of carbonyl (C=O) groups excluding carboxylic acids is 1. The number of benzene rings is 1. The van der Waals surface area contributed by atoms with E-state index in [1.165, 1.54) is 9.13 Å². The number of fused-ring (bicyclic) bond motifs is 1. The number of piperazine rings is 1. The zero-order chi connectivity index (χ0) is 21.3. The molecule has 1 aliphatic heterocycles. The van der Waals surface area contributed by atoms with Gasteiger partial charge >= 0.3 is 5.69 Å². The standard InChI is InChI=1S/C21H25N5O3S/c1-3-25-20(28)17-6-4-5-7-18(17)26(21(25)29)13-19(27)24-10-8-23(9-11-24)12-16-14-30-15(2)22-16/h4-7,14H,3,8-13H2,1-2H3. The van der Waals surface area contributed by atoms with E-state index < -0.39 is 5.69 Å². The molecule has 3 aromatic rings. The molecule has 0 aliphatic carbocycles. The third-order valence-electron chi connectivity index (χ3n) is 5.52. The van der Waals surface area contributed by atoms with E-state index in [0.717, 1.165) is 30.3 Å². The molecule has 0 saturated carbocycles. The largest absolute Gasteiger partial charge is 0.339 e. The van der Waals surface area contributed by atoms with Gasteiger partial charge < -0.3 is 4.90 Å². The molecule has 30 heavy (non-hydrogen) atoms. The third kappa shape index (κ3) is 3.95. The Morgan fingerprint density at radius 3 is 2.50 bits per heavy atom. The summed E-state index contributed by atoms with van der Waals surface area (Å²) < 4.78 is 2.61. The van der Waals surface area contributed by atoms with Gasteiger partial charge in [-0.2, -0.15) is 0 Å². The number of aryl methyl sites for hydroxylation is 1. The summed E-state index contributed by atoms with van der Waals surface area (Å²) in [6, 6.07) is 6.96. The summed E-state index contributed by atoms with van der Waals surface area (Å²) in [5.41, 5.74) is 0.819. The average molecular weight is 428 g/mol. The van der Waals surface area contributed by atoms with E-state index in [1.54, 1.807) is 47.4 Å². The van der Waals surface area contributed by atoms with Crippen LogP contribution >= 0.6 is 11.3 Å². The van der Waals surface area contributed by atoms with E-state index in [9.17, 15) is 14.4 Å². The molecule has 1 saturated heterocycles. The van der Waals surface area contributed by atoms with E-state index in [1.807, 2.05) is 6.92 Å². The molecule has 0 radical (unpaired) electrons. The van der Waals surface area contributed by atoms with E-state index in [0.29, 0.717) is 24.0 Å². The second kappa shape index (κ2) is 8.53. The topological polar surface area (TPSA) is 80.4 Å². The van der Waals surface area contributed by atoms with Crippen LogP contribution in [0, 0.1) is 6.92 Å². The Bertz CT molecular complexity index is 1190. The molecule has 0 spiro atoms. The number of carbonyl (C=O) groups is 1. The molecule has 0 bridgehead atoms. The SMILES string of the molecule is CCn1c(=O)c2ccccc2n(CC(=O)N2CCN(Cc3csc(C)n3)CC2)c1=O. The summed E-state index contributed by atoms with van der Waals surface area (Å²) in [5, 5.41) is 3.59. The highest BCUT2D eigenvalue weighted by molar-refractivity contribution is 7.09. The van der Waals surface area contributed by atoms with Gasteiger partial charge in [-0.05, 0) is 26.0 Å². The molecule has 9 heteroatoms. The maximum Gasteiger partial charge on any atom is 0.331 e. The number of amides is 1. The molecule has 3 heterocycles. The number of hydrogen-bond donors (Lipinski definition) is 0. The number of aromatic nitrogens is 3. The van der Waals surface area contributed by atoms with E-state index in [4.69, 9.17) is 0 Å². The van der Waals surface area contributed by atoms with Crippen molar-refractivity contribution >= 4 is 28.1 Å². The molecule has 0 N–H and O–H groups in total. The van der Waals surface area contributed by atoms with Crippen molar-refractivity contribution in [1.82, 2.24) is 23.9 Å². The lowest BCUT2D eigenvalue weighted by atomic mass is 10.2. The van der Waals surface area contributed by atoms with Gasteiger partial charge in [-0.3, -0.25) is 23.6 Å². The maximum atomic E-state index is 13.0. The predicted octanol–water partition coefficient (Wildman–Crippen LogP) is 1.29. The molecule has 0 atom stereocenters. The van der Waals surface area contributed by atoms with Crippen LogP contribution in [-0.4, -0.2) is 56.0 Å². The van der Waals surface area contributed by atoms with Crippen LogP contribution in [0.1, 0.15) is 17.6 Å². The number of thiazole rings is 1. The monoisotopic (exact) mass is 427 g/mol. The molecular weight excluding hydrogens is 402 g/mol. The molecular formula is C21H25N5O3S. The highest BCUT2D eigenvalue weighted by atomic mass is 32.1. The molecule has 1 aromatic carbocycles. The van der Waals surface area contributed by atoms with E-state index in [2.05, 4.69) is 15.3 Å². The average Bonchev–Trinajstić information content (AvgIpc) is 3.16. The van der Waals surface area contributed by atoms with Crippen LogP contribution in [0.25, 0.3) is 10.9 Å². The highest BCUT2D eigenvalue weighted by Gasteiger charge is 2.23. The Labute approximate surface area is 178 Å². The summed E-state index contributed by atoms with van der Waals surface area (Å²) in [6.45, 7) is 7.52. The van der Waals surface area contributed by atoms with Crippen molar-refractivity contribution in [3.8, 4) is 0 Å². The normalized spacial score (nSPS) is 15.1. The Morgan fingerprint density at radius 1 is 1.10 bits per heavy atom. The first-order valence-electron chi connectivity index (χ1n) is 10.1. The van der Waals surface area contributed by atoms with Crippen LogP contribution in [-0.2, 0) is 24.4 Å². The summed E-state index contributed by atoms with van der Waals surface area (Å²) in [5.74, 6) is -0.104. The van der Waals surface area contributed by atoms with Gasteiger partial charge in [0.2, 0.25) is 5.91 Å². The first-order valence-corrected chi connectivity index (χ1v) is 11.0. The number of rotatable bonds is 5. The van der Waals surface area contributed by atoms with Crippen LogP contribution in [0.3, 0.4) is 0 Å². The fourth-order valence-electron chi connectivity index (χ4n) is 3.90. The Kier molecular flexibility index (Phi) is 5.83. The minimum Gasteiger partial charge on any atom is -0.339 e. The second-order valence-corrected chi connectivity index (χ2v) is 8.51. The lowest BCUT2D eigenvalue weighted by Gasteiger charge is -2.34. The Morgan fingerprint density at radius 2 is 1.83 bits per heavy atom. The smallest absolute Gasteiger partial charge is 0.331 e. The first kappa shape index (κ1) is 20.5. The molecule has 0 unspecified atom stereocenters. The van der Waals surface area contributed by atoms with Crippen molar-refractivity contribution in [3.05, 3.63) is 61.2 Å². The van der Waals surface area contributed by atoms with Gasteiger partial charge in [-0.1, -0.05) is 12.1 Å².